The highest BCUT2D eigenvalue weighted by molar-refractivity contribution is 7.53. The molecule has 1 saturated heterocycles. The smallest absolute Gasteiger partial charge is 0.409 e. The van der Waals surface area contributed by atoms with Gasteiger partial charge in [0, 0.05) is 19.6 Å². The number of aryl methyl sites for hydroxylation is 1. The van der Waals surface area contributed by atoms with Gasteiger partial charge in [0.1, 0.15) is 17.2 Å². The number of hydrogen-bond donors (Lipinski definition) is 4. The van der Waals surface area contributed by atoms with Crippen LogP contribution in [0.3, 0.4) is 0 Å². The van der Waals surface area contributed by atoms with Gasteiger partial charge in [0.15, 0.2) is 0 Å². The molecule has 1 fully saturated rings. The minimum absolute atomic E-state index is 0.00112. The fraction of sp³-hybridized carbons (Fsp3) is 0.551. The van der Waals surface area contributed by atoms with Gasteiger partial charge < -0.3 is 45.1 Å². The molecule has 0 unspecified atom stereocenters. The number of nitrogens with zero attached hydrogens (tertiary/aromatic N) is 1. The van der Waals surface area contributed by atoms with Crippen molar-refractivity contribution in [2.45, 2.75) is 142 Å². The van der Waals surface area contributed by atoms with E-state index in [0.717, 1.165) is 16.3 Å². The molecule has 66 heavy (non-hydrogen) atoms. The van der Waals surface area contributed by atoms with E-state index in [1.54, 1.807) is 86.6 Å². The normalized spacial score (nSPS) is 15.3. The van der Waals surface area contributed by atoms with Crippen molar-refractivity contribution in [2.24, 2.45) is 11.7 Å². The predicted octanol–water partition coefficient (Wildman–Crippen LogP) is 6.88. The van der Waals surface area contributed by atoms with E-state index in [1.807, 2.05) is 42.5 Å². The molecule has 0 spiro atoms. The number of hydrogen-bond acceptors (Lipinski definition) is 11. The Hall–Kier alpha value is -5.31. The summed E-state index contributed by atoms with van der Waals surface area (Å²) < 4.78 is 36.5. The largest absolute Gasteiger partial charge is 0.460 e. The number of benzene rings is 3. The predicted molar refractivity (Wildman–Crippen MR) is 252 cm³/mol. The van der Waals surface area contributed by atoms with Crippen LogP contribution in [0.5, 0.6) is 0 Å². The summed E-state index contributed by atoms with van der Waals surface area (Å²) >= 11 is 0. The molecule has 1 heterocycles. The number of carbonyl (C=O) groups is 6. The van der Waals surface area contributed by atoms with Crippen LogP contribution in [0.1, 0.15) is 111 Å². The average Bonchev–Trinajstić information content (AvgIpc) is 3.20. The number of fused-ring (bicyclic) bond motifs is 1. The Morgan fingerprint density at radius 3 is 1.94 bits per heavy atom. The van der Waals surface area contributed by atoms with Crippen molar-refractivity contribution in [3.05, 3.63) is 83.4 Å². The van der Waals surface area contributed by atoms with Crippen LogP contribution in [0.15, 0.2) is 66.7 Å². The zero-order valence-electron chi connectivity index (χ0n) is 40.2. The first-order valence-corrected chi connectivity index (χ1v) is 24.2. The molecular formula is C49H70N5O11P. The lowest BCUT2D eigenvalue weighted by Gasteiger charge is -2.41. The first-order chi connectivity index (χ1) is 30.7. The third-order valence-corrected chi connectivity index (χ3v) is 13.0. The molecule has 1 aliphatic rings. The van der Waals surface area contributed by atoms with Crippen LogP contribution in [-0.4, -0.2) is 95.7 Å². The van der Waals surface area contributed by atoms with E-state index in [-0.39, 0.29) is 51.5 Å². The minimum Gasteiger partial charge on any atom is -0.460 e. The van der Waals surface area contributed by atoms with Crippen LogP contribution in [0.4, 0.5) is 4.79 Å². The summed E-state index contributed by atoms with van der Waals surface area (Å²) in [5.41, 5.74) is 3.96. The van der Waals surface area contributed by atoms with Crippen molar-refractivity contribution in [1.29, 1.82) is 0 Å². The first-order valence-electron chi connectivity index (χ1n) is 22.5. The maximum absolute atomic E-state index is 14.6. The monoisotopic (exact) mass is 935 g/mol. The number of primary amides is 1. The minimum atomic E-state index is -3.63. The SMILES string of the molecule is COC(=O)N1CCC(NC(=O)[C@H](CC(=O)OC(C)(C)C)Cc2ccc(CP(=O)(OC(C)(C)C)OC(C)(C)C)cc2)(C(=O)N[C@@H](CC(N)=O)C(=O)NCCCc2cccc3ccccc23)CC1. The maximum Gasteiger partial charge on any atom is 0.409 e. The Bertz CT molecular complexity index is 2210. The number of ether oxygens (including phenoxy) is 2. The molecular weight excluding hydrogens is 866 g/mol. The third-order valence-electron chi connectivity index (χ3n) is 10.6. The van der Waals surface area contributed by atoms with Gasteiger partial charge in [-0.05, 0) is 122 Å². The third kappa shape index (κ3) is 16.8. The second-order valence-corrected chi connectivity index (χ2v) is 21.8. The van der Waals surface area contributed by atoms with E-state index in [4.69, 9.17) is 24.3 Å². The van der Waals surface area contributed by atoms with E-state index < -0.39 is 84.0 Å². The van der Waals surface area contributed by atoms with Gasteiger partial charge in [0.05, 0.1) is 43.2 Å². The van der Waals surface area contributed by atoms with Gasteiger partial charge in [-0.25, -0.2) is 4.79 Å². The Morgan fingerprint density at radius 2 is 1.36 bits per heavy atom. The Kier molecular flexibility index (Phi) is 18.1. The molecule has 0 bridgehead atoms. The van der Waals surface area contributed by atoms with Crippen LogP contribution < -0.4 is 21.7 Å². The van der Waals surface area contributed by atoms with Gasteiger partial charge in [-0.3, -0.25) is 28.5 Å². The zero-order valence-corrected chi connectivity index (χ0v) is 41.1. The second kappa shape index (κ2) is 22.5. The number of likely N-dealkylation sites (tertiary alicyclic amines) is 1. The fourth-order valence-electron chi connectivity index (χ4n) is 7.83. The summed E-state index contributed by atoms with van der Waals surface area (Å²) in [5, 5.41) is 10.6. The number of nitrogens with two attached hydrogens (primary N) is 1. The molecule has 5 amide bonds. The summed E-state index contributed by atoms with van der Waals surface area (Å²) in [6, 6.07) is 19.7. The molecule has 0 radical (unpaired) electrons. The van der Waals surface area contributed by atoms with Gasteiger partial charge in [0.25, 0.3) is 0 Å². The topological polar surface area (TPSA) is 222 Å². The number of carbonyl (C=O) groups excluding carboxylic acids is 6. The number of amides is 5. The van der Waals surface area contributed by atoms with Crippen molar-refractivity contribution < 1.29 is 51.9 Å². The summed E-state index contributed by atoms with van der Waals surface area (Å²) in [6.45, 7) is 16.2. The van der Waals surface area contributed by atoms with Crippen LogP contribution >= 0.6 is 7.60 Å². The number of piperidine rings is 1. The lowest BCUT2D eigenvalue weighted by atomic mass is 9.84. The van der Waals surface area contributed by atoms with Crippen molar-refractivity contribution in [2.75, 3.05) is 26.7 Å². The summed E-state index contributed by atoms with van der Waals surface area (Å²) in [5.74, 6) is -4.59. The molecule has 4 rings (SSSR count). The fourth-order valence-corrected chi connectivity index (χ4v) is 10.3. The van der Waals surface area contributed by atoms with Crippen molar-refractivity contribution in [3.8, 4) is 0 Å². The number of rotatable bonds is 19. The molecule has 17 heteroatoms. The van der Waals surface area contributed by atoms with E-state index >= 15 is 0 Å². The summed E-state index contributed by atoms with van der Waals surface area (Å²) in [6.07, 6.45) is -0.403. The summed E-state index contributed by atoms with van der Waals surface area (Å²) in [7, 11) is -2.39. The average molecular weight is 936 g/mol. The molecule has 5 N–H and O–H groups in total. The molecule has 0 aliphatic carbocycles. The number of methoxy groups -OCH3 is 1. The molecule has 0 aromatic heterocycles. The van der Waals surface area contributed by atoms with Gasteiger partial charge in [0.2, 0.25) is 23.6 Å². The van der Waals surface area contributed by atoms with Crippen molar-refractivity contribution >= 4 is 54.1 Å². The van der Waals surface area contributed by atoms with Crippen molar-refractivity contribution in [3.63, 3.8) is 0 Å². The standard InChI is InChI=1S/C49H70N5O11P/c1-46(2,3)63-41(56)30-37(29-33-20-22-34(23-21-33)32-66(61,64-47(4,5)6)65-48(7,8)9)42(57)53-49(24-27-54(28-25-49)45(60)62-10)44(59)52-39(31-40(50)55)43(58)51-26-14-18-36-17-13-16-35-15-11-12-19-38(35)36/h11-13,15-17,19-23,37,39H,14,18,24-32H2,1-10H3,(H2,50,55)(H,51,58)(H,52,59)(H,53,57)/t37-,39-/m0/s1. The molecule has 1 aliphatic heterocycles. The van der Waals surface area contributed by atoms with Gasteiger partial charge in [-0.15, -0.1) is 0 Å². The molecule has 3 aromatic rings. The molecule has 2 atom stereocenters. The van der Waals surface area contributed by atoms with Crippen LogP contribution in [0.25, 0.3) is 10.8 Å². The van der Waals surface area contributed by atoms with Crippen LogP contribution in [0, 0.1) is 5.92 Å². The lowest BCUT2D eigenvalue weighted by molar-refractivity contribution is -0.157. The zero-order chi connectivity index (χ0) is 49.1. The lowest BCUT2D eigenvalue weighted by Crippen LogP contribution is -2.66. The Labute approximate surface area is 389 Å². The van der Waals surface area contributed by atoms with Gasteiger partial charge in [-0.2, -0.15) is 0 Å². The highest BCUT2D eigenvalue weighted by atomic mass is 31.2. The van der Waals surface area contributed by atoms with Gasteiger partial charge >= 0.3 is 19.7 Å². The Morgan fingerprint density at radius 1 is 0.773 bits per heavy atom. The summed E-state index contributed by atoms with van der Waals surface area (Å²) in [4.78, 5) is 82.3. The van der Waals surface area contributed by atoms with Crippen molar-refractivity contribution in [1.82, 2.24) is 20.9 Å². The second-order valence-electron chi connectivity index (χ2n) is 19.9. The highest BCUT2D eigenvalue weighted by Crippen LogP contribution is 2.57. The quantitative estimate of drug-likeness (QED) is 0.0551. The first kappa shape index (κ1) is 53.3. The Balaban J connectivity index is 1.57. The number of esters is 1. The van der Waals surface area contributed by atoms with Crippen LogP contribution in [0.2, 0.25) is 0 Å². The molecule has 16 nitrogen and oxygen atoms in total. The molecule has 362 valence electrons. The van der Waals surface area contributed by atoms with Gasteiger partial charge in [-0.1, -0.05) is 66.7 Å². The molecule has 0 saturated carbocycles. The van der Waals surface area contributed by atoms with E-state index in [2.05, 4.69) is 16.0 Å². The molecule has 3 aromatic carbocycles. The highest BCUT2D eigenvalue weighted by Gasteiger charge is 2.46. The maximum atomic E-state index is 14.6. The van der Waals surface area contributed by atoms with E-state index in [1.165, 1.54) is 12.0 Å². The van der Waals surface area contributed by atoms with Crippen LogP contribution in [-0.2, 0) is 66.1 Å². The van der Waals surface area contributed by atoms with E-state index in [9.17, 15) is 33.3 Å². The van der Waals surface area contributed by atoms with E-state index in [0.29, 0.717) is 24.0 Å². The number of nitrogens with one attached hydrogen (secondary N) is 3.